The minimum atomic E-state index is -3.68. The van der Waals surface area contributed by atoms with Crippen molar-refractivity contribution in [1.29, 1.82) is 0 Å². The van der Waals surface area contributed by atoms with Gasteiger partial charge in [0.1, 0.15) is 9.59 Å². The number of alkyl halides is 1. The first-order valence-electron chi connectivity index (χ1n) is 4.33. The SMILES string of the molecule is COC(=O)C(Cl)CNS(=O)(=O)c1ccc(Cl)s1. The zero-order valence-corrected chi connectivity index (χ0v) is 11.8. The van der Waals surface area contributed by atoms with Crippen molar-refractivity contribution in [3.8, 4) is 0 Å². The van der Waals surface area contributed by atoms with Crippen LogP contribution in [0.2, 0.25) is 4.34 Å². The molecule has 5 nitrogen and oxygen atoms in total. The molecule has 1 heterocycles. The van der Waals surface area contributed by atoms with Gasteiger partial charge in [0.15, 0.2) is 0 Å². The average Bonchev–Trinajstić information content (AvgIpc) is 2.72. The minimum Gasteiger partial charge on any atom is -0.468 e. The molecule has 96 valence electrons. The van der Waals surface area contributed by atoms with Gasteiger partial charge < -0.3 is 4.74 Å². The number of halogens is 2. The van der Waals surface area contributed by atoms with Crippen LogP contribution in [-0.4, -0.2) is 33.4 Å². The fraction of sp³-hybridized carbons (Fsp3) is 0.375. The number of ether oxygens (including phenoxy) is 1. The van der Waals surface area contributed by atoms with Gasteiger partial charge in [-0.25, -0.2) is 13.1 Å². The van der Waals surface area contributed by atoms with Gasteiger partial charge in [-0.3, -0.25) is 4.79 Å². The zero-order chi connectivity index (χ0) is 13.1. The number of methoxy groups -OCH3 is 1. The summed E-state index contributed by atoms with van der Waals surface area (Å²) in [6.07, 6.45) is 0. The number of esters is 1. The lowest BCUT2D eigenvalue weighted by molar-refractivity contribution is -0.140. The second-order valence-electron chi connectivity index (χ2n) is 2.90. The summed E-state index contributed by atoms with van der Waals surface area (Å²) in [5.74, 6) is -0.696. The number of hydrogen-bond acceptors (Lipinski definition) is 5. The third-order valence-electron chi connectivity index (χ3n) is 1.72. The highest BCUT2D eigenvalue weighted by atomic mass is 35.5. The first kappa shape index (κ1) is 14.7. The lowest BCUT2D eigenvalue weighted by Crippen LogP contribution is -2.33. The summed E-state index contributed by atoms with van der Waals surface area (Å²) in [5.41, 5.74) is 0. The van der Waals surface area contributed by atoms with E-state index in [1.807, 2.05) is 0 Å². The summed E-state index contributed by atoms with van der Waals surface area (Å²) in [4.78, 5) is 11.0. The Morgan fingerprint density at radius 1 is 1.59 bits per heavy atom. The fourth-order valence-corrected chi connectivity index (χ4v) is 3.74. The van der Waals surface area contributed by atoms with E-state index in [2.05, 4.69) is 9.46 Å². The number of hydrogen-bond donors (Lipinski definition) is 1. The highest BCUT2D eigenvalue weighted by Gasteiger charge is 2.21. The molecule has 0 radical (unpaired) electrons. The molecule has 1 aromatic rings. The van der Waals surface area contributed by atoms with Crippen LogP contribution in [0.3, 0.4) is 0 Å². The van der Waals surface area contributed by atoms with Gasteiger partial charge in [0.2, 0.25) is 10.0 Å². The monoisotopic (exact) mass is 317 g/mol. The molecule has 1 N–H and O–H groups in total. The van der Waals surface area contributed by atoms with Gasteiger partial charge in [0, 0.05) is 6.54 Å². The number of rotatable bonds is 5. The number of sulfonamides is 1. The van der Waals surface area contributed by atoms with Crippen LogP contribution in [0.5, 0.6) is 0 Å². The third-order valence-corrected chi connectivity index (χ3v) is 5.20. The summed E-state index contributed by atoms with van der Waals surface area (Å²) >= 11 is 12.2. The molecule has 1 unspecified atom stereocenters. The molecular weight excluding hydrogens is 309 g/mol. The molecule has 1 atom stereocenters. The molecule has 0 saturated heterocycles. The number of carbonyl (C=O) groups excluding carboxylic acids is 1. The van der Waals surface area contributed by atoms with Gasteiger partial charge in [0.05, 0.1) is 11.4 Å². The summed E-state index contributed by atoms with van der Waals surface area (Å²) < 4.78 is 30.4. The van der Waals surface area contributed by atoms with Crippen molar-refractivity contribution in [2.75, 3.05) is 13.7 Å². The van der Waals surface area contributed by atoms with Crippen LogP contribution in [0.4, 0.5) is 0 Å². The zero-order valence-electron chi connectivity index (χ0n) is 8.64. The number of thiophene rings is 1. The van der Waals surface area contributed by atoms with Gasteiger partial charge in [-0.2, -0.15) is 0 Å². The van der Waals surface area contributed by atoms with E-state index >= 15 is 0 Å². The summed E-state index contributed by atoms with van der Waals surface area (Å²) in [6.45, 7) is -0.244. The van der Waals surface area contributed by atoms with Crippen molar-refractivity contribution in [3.05, 3.63) is 16.5 Å². The molecule has 0 aromatic carbocycles. The average molecular weight is 318 g/mol. The molecule has 0 aliphatic carbocycles. The van der Waals surface area contributed by atoms with E-state index in [-0.39, 0.29) is 10.8 Å². The maximum Gasteiger partial charge on any atom is 0.325 e. The molecule has 0 aliphatic heterocycles. The van der Waals surface area contributed by atoms with Crippen molar-refractivity contribution in [2.45, 2.75) is 9.59 Å². The van der Waals surface area contributed by atoms with Crippen LogP contribution in [0.1, 0.15) is 0 Å². The Kier molecular flexibility index (Phi) is 5.21. The molecule has 0 amide bonds. The van der Waals surface area contributed by atoms with Gasteiger partial charge in [-0.15, -0.1) is 22.9 Å². The number of carbonyl (C=O) groups is 1. The Hall–Kier alpha value is -0.340. The van der Waals surface area contributed by atoms with E-state index in [0.29, 0.717) is 4.34 Å². The summed E-state index contributed by atoms with van der Waals surface area (Å²) in [6, 6.07) is 2.84. The minimum absolute atomic E-state index is 0.0660. The van der Waals surface area contributed by atoms with Crippen molar-refractivity contribution in [2.24, 2.45) is 0 Å². The molecule has 9 heteroatoms. The maximum absolute atomic E-state index is 11.7. The molecule has 1 aromatic heterocycles. The second-order valence-corrected chi connectivity index (χ2v) is 7.14. The topological polar surface area (TPSA) is 72.5 Å². The Morgan fingerprint density at radius 3 is 2.71 bits per heavy atom. The second kappa shape index (κ2) is 6.01. The third kappa shape index (κ3) is 4.11. The normalized spacial score (nSPS) is 13.4. The predicted octanol–water partition coefficient (Wildman–Crippen LogP) is 1.46. The quantitative estimate of drug-likeness (QED) is 0.659. The smallest absolute Gasteiger partial charge is 0.325 e. The van der Waals surface area contributed by atoms with Gasteiger partial charge in [0.25, 0.3) is 0 Å². The van der Waals surface area contributed by atoms with Crippen LogP contribution >= 0.6 is 34.5 Å². The van der Waals surface area contributed by atoms with E-state index in [9.17, 15) is 13.2 Å². The molecule has 0 aliphatic rings. The molecule has 1 rings (SSSR count). The standard InChI is InChI=1S/C8H9Cl2NO4S2/c1-15-8(12)5(9)4-11-17(13,14)7-3-2-6(10)16-7/h2-3,5,11H,4H2,1H3. The Morgan fingerprint density at radius 2 is 2.24 bits per heavy atom. The summed E-state index contributed by atoms with van der Waals surface area (Å²) in [7, 11) is -2.51. The largest absolute Gasteiger partial charge is 0.468 e. The molecule has 0 spiro atoms. The van der Waals surface area contributed by atoms with E-state index < -0.39 is 21.4 Å². The van der Waals surface area contributed by atoms with Crippen molar-refractivity contribution in [1.82, 2.24) is 4.72 Å². The van der Waals surface area contributed by atoms with Crippen LogP contribution in [0.25, 0.3) is 0 Å². The fourth-order valence-electron chi connectivity index (χ4n) is 0.907. The first-order chi connectivity index (χ1) is 7.86. The van der Waals surface area contributed by atoms with Gasteiger partial charge in [-0.1, -0.05) is 11.6 Å². The molecule has 17 heavy (non-hydrogen) atoms. The highest BCUT2D eigenvalue weighted by molar-refractivity contribution is 7.91. The Labute approximate surface area is 113 Å². The maximum atomic E-state index is 11.7. The van der Waals surface area contributed by atoms with Crippen LogP contribution in [-0.2, 0) is 19.6 Å². The van der Waals surface area contributed by atoms with E-state index in [0.717, 1.165) is 11.3 Å². The molecule has 0 fully saturated rings. The highest BCUT2D eigenvalue weighted by Crippen LogP contribution is 2.25. The van der Waals surface area contributed by atoms with Crippen LogP contribution in [0.15, 0.2) is 16.3 Å². The summed E-state index contributed by atoms with van der Waals surface area (Å²) in [5, 5.41) is -1.06. The first-order valence-corrected chi connectivity index (χ1v) is 7.45. The van der Waals surface area contributed by atoms with Crippen molar-refractivity contribution < 1.29 is 17.9 Å². The van der Waals surface area contributed by atoms with E-state index in [1.165, 1.54) is 19.2 Å². The lowest BCUT2D eigenvalue weighted by atomic mass is 10.4. The molecule has 0 saturated carbocycles. The number of nitrogens with one attached hydrogen (secondary N) is 1. The molecular formula is C8H9Cl2NO4S2. The molecule has 0 bridgehead atoms. The van der Waals surface area contributed by atoms with E-state index in [4.69, 9.17) is 23.2 Å². The predicted molar refractivity (Wildman–Crippen MR) is 66.2 cm³/mol. The van der Waals surface area contributed by atoms with Gasteiger partial charge in [-0.05, 0) is 12.1 Å². The van der Waals surface area contributed by atoms with Crippen molar-refractivity contribution in [3.63, 3.8) is 0 Å². The van der Waals surface area contributed by atoms with Crippen LogP contribution < -0.4 is 4.72 Å². The Balaban J connectivity index is 2.66. The van der Waals surface area contributed by atoms with Gasteiger partial charge >= 0.3 is 5.97 Å². The van der Waals surface area contributed by atoms with E-state index in [1.54, 1.807) is 0 Å². The Bertz CT molecular complexity index is 499. The van der Waals surface area contributed by atoms with Crippen LogP contribution in [0, 0.1) is 0 Å². The lowest BCUT2D eigenvalue weighted by Gasteiger charge is -2.08. The van der Waals surface area contributed by atoms with Crippen molar-refractivity contribution >= 4 is 50.5 Å².